The van der Waals surface area contributed by atoms with Gasteiger partial charge in [-0.15, -0.1) is 12.3 Å². The van der Waals surface area contributed by atoms with E-state index in [2.05, 4.69) is 5.92 Å². The van der Waals surface area contributed by atoms with Gasteiger partial charge in [0.1, 0.15) is 6.04 Å². The number of hydrogen-bond acceptors (Lipinski definition) is 8. The van der Waals surface area contributed by atoms with Gasteiger partial charge in [0.05, 0.1) is 33.8 Å². The second-order valence-electron chi connectivity index (χ2n) is 8.11. The largest absolute Gasteiger partial charge is 0.469 e. The first-order valence-electron chi connectivity index (χ1n) is 11.1. The number of esters is 3. The minimum atomic E-state index is -2.23. The Balaban J connectivity index is 2.30. The van der Waals surface area contributed by atoms with Crippen molar-refractivity contribution in [2.24, 2.45) is 5.41 Å². The molecule has 0 aliphatic carbocycles. The summed E-state index contributed by atoms with van der Waals surface area (Å²) in [5.41, 5.74) is -0.904. The lowest BCUT2D eigenvalue weighted by Gasteiger charge is -2.40. The number of amides is 1. The van der Waals surface area contributed by atoms with Gasteiger partial charge in [0.15, 0.2) is 11.5 Å². The highest BCUT2D eigenvalue weighted by Gasteiger charge is 2.61. The van der Waals surface area contributed by atoms with E-state index in [1.807, 2.05) is 6.07 Å². The summed E-state index contributed by atoms with van der Waals surface area (Å²) in [5.74, 6) is -0.570. The van der Waals surface area contributed by atoms with Gasteiger partial charge in [-0.2, -0.15) is 0 Å². The minimum Gasteiger partial charge on any atom is -0.469 e. The summed E-state index contributed by atoms with van der Waals surface area (Å²) < 4.78 is 20.6. The second-order valence-corrected chi connectivity index (χ2v) is 8.11. The lowest BCUT2D eigenvalue weighted by atomic mass is 9.74. The van der Waals surface area contributed by atoms with Gasteiger partial charge < -0.3 is 18.9 Å². The van der Waals surface area contributed by atoms with Crippen molar-refractivity contribution in [3.05, 3.63) is 71.8 Å². The molecule has 1 aliphatic rings. The summed E-state index contributed by atoms with van der Waals surface area (Å²) in [6, 6.07) is 15.7. The van der Waals surface area contributed by atoms with Crippen molar-refractivity contribution in [3.8, 4) is 12.3 Å². The Hall–Kier alpha value is -4.32. The Bertz CT molecular complexity index is 1130. The van der Waals surface area contributed by atoms with Gasteiger partial charge in [-0.25, -0.2) is 4.79 Å². The fraction of sp³-hybridized carbons (Fsp3) is 0.333. The van der Waals surface area contributed by atoms with Gasteiger partial charge in [-0.05, 0) is 11.1 Å². The summed E-state index contributed by atoms with van der Waals surface area (Å²) in [4.78, 5) is 53.8. The normalized spacial score (nSPS) is 17.9. The maximum absolute atomic E-state index is 13.5. The third kappa shape index (κ3) is 4.75. The molecular weight excluding hydrogens is 466 g/mol. The minimum absolute atomic E-state index is 0.505. The summed E-state index contributed by atoms with van der Waals surface area (Å²) in [6.45, 7) is 0. The highest BCUT2D eigenvalue weighted by atomic mass is 16.6. The monoisotopic (exact) mass is 493 g/mol. The van der Waals surface area contributed by atoms with E-state index in [1.54, 1.807) is 54.6 Å². The Morgan fingerprint density at radius 2 is 1.47 bits per heavy atom. The zero-order chi connectivity index (χ0) is 26.3. The fourth-order valence-electron chi connectivity index (χ4n) is 4.59. The average molecular weight is 494 g/mol. The molecule has 0 unspecified atom stereocenters. The van der Waals surface area contributed by atoms with Crippen molar-refractivity contribution >= 4 is 24.0 Å². The quantitative estimate of drug-likeness (QED) is 0.227. The molecule has 0 saturated carbocycles. The van der Waals surface area contributed by atoms with E-state index >= 15 is 0 Å². The van der Waals surface area contributed by atoms with Crippen molar-refractivity contribution in [1.29, 1.82) is 0 Å². The van der Waals surface area contributed by atoms with E-state index in [9.17, 15) is 19.2 Å². The zero-order valence-corrected chi connectivity index (χ0v) is 20.2. The standard InChI is InChI=1S/C27H27NO8/c1-5-16-27(24(30)34-3,25(31)35-4)20(17-21(29)33-2)28-22(18-12-8-6-9-13-18)23(36-26(28)32)19-14-10-7-11-15-19/h1,6-15,20,22-23H,16-17H2,2-4H3/t20-,22+,23-/m1/s1. The molecule has 0 spiro atoms. The predicted molar refractivity (Wildman–Crippen MR) is 127 cm³/mol. The van der Waals surface area contributed by atoms with E-state index in [-0.39, 0.29) is 0 Å². The maximum atomic E-state index is 13.5. The first kappa shape index (κ1) is 26.3. The van der Waals surface area contributed by atoms with E-state index in [0.717, 1.165) is 21.3 Å². The van der Waals surface area contributed by atoms with Crippen LogP contribution in [0.4, 0.5) is 4.79 Å². The van der Waals surface area contributed by atoms with Crippen molar-refractivity contribution in [2.45, 2.75) is 31.0 Å². The SMILES string of the molecule is C#CCC(C(=O)OC)(C(=O)OC)[C@@H](CC(=O)OC)N1C(=O)O[C@H](c2ccccc2)[C@@H]1c1ccccc1. The molecule has 1 heterocycles. The molecule has 0 aromatic heterocycles. The molecule has 0 radical (unpaired) electrons. The Morgan fingerprint density at radius 1 is 0.944 bits per heavy atom. The van der Waals surface area contributed by atoms with Crippen LogP contribution in [0.5, 0.6) is 0 Å². The molecule has 2 aromatic rings. The van der Waals surface area contributed by atoms with Crippen LogP contribution in [-0.2, 0) is 33.3 Å². The Labute approximate surface area is 209 Å². The molecule has 188 valence electrons. The molecule has 0 bridgehead atoms. The number of carbonyl (C=O) groups is 4. The number of nitrogens with zero attached hydrogens (tertiary/aromatic N) is 1. The predicted octanol–water partition coefficient (Wildman–Crippen LogP) is 3.21. The van der Waals surface area contributed by atoms with Crippen molar-refractivity contribution in [2.75, 3.05) is 21.3 Å². The number of ether oxygens (including phenoxy) is 4. The van der Waals surface area contributed by atoms with Crippen molar-refractivity contribution < 1.29 is 38.1 Å². The lowest BCUT2D eigenvalue weighted by Crippen LogP contribution is -2.58. The topological polar surface area (TPSA) is 108 Å². The molecule has 1 aliphatic heterocycles. The number of benzene rings is 2. The van der Waals surface area contributed by atoms with Gasteiger partial charge in [0, 0.05) is 6.42 Å². The molecule has 1 saturated heterocycles. The van der Waals surface area contributed by atoms with Gasteiger partial charge in [0.2, 0.25) is 0 Å². The van der Waals surface area contributed by atoms with Crippen LogP contribution < -0.4 is 0 Å². The molecule has 3 rings (SSSR count). The van der Waals surface area contributed by atoms with Crippen LogP contribution in [0.1, 0.15) is 36.1 Å². The highest BCUT2D eigenvalue weighted by Crippen LogP contribution is 2.48. The smallest absolute Gasteiger partial charge is 0.411 e. The zero-order valence-electron chi connectivity index (χ0n) is 20.2. The van der Waals surface area contributed by atoms with E-state index < -0.39 is 60.4 Å². The van der Waals surface area contributed by atoms with Crippen LogP contribution >= 0.6 is 0 Å². The van der Waals surface area contributed by atoms with Crippen molar-refractivity contribution in [3.63, 3.8) is 0 Å². The first-order valence-corrected chi connectivity index (χ1v) is 11.1. The molecule has 36 heavy (non-hydrogen) atoms. The van der Waals surface area contributed by atoms with Crippen LogP contribution in [0.15, 0.2) is 60.7 Å². The lowest BCUT2D eigenvalue weighted by molar-refractivity contribution is -0.175. The van der Waals surface area contributed by atoms with E-state index in [1.165, 1.54) is 4.90 Å². The van der Waals surface area contributed by atoms with Crippen molar-refractivity contribution in [1.82, 2.24) is 4.90 Å². The number of cyclic esters (lactones) is 1. The average Bonchev–Trinajstić information content (AvgIpc) is 3.27. The van der Waals surface area contributed by atoms with Gasteiger partial charge in [-0.3, -0.25) is 19.3 Å². The Morgan fingerprint density at radius 3 is 1.94 bits per heavy atom. The molecule has 0 N–H and O–H groups in total. The van der Waals surface area contributed by atoms with Crippen LogP contribution in [0, 0.1) is 17.8 Å². The van der Waals surface area contributed by atoms with E-state index in [0.29, 0.717) is 11.1 Å². The van der Waals surface area contributed by atoms with Gasteiger partial charge >= 0.3 is 24.0 Å². The molecule has 1 fully saturated rings. The molecule has 2 aromatic carbocycles. The molecule has 9 heteroatoms. The fourth-order valence-corrected chi connectivity index (χ4v) is 4.59. The molecule has 1 amide bonds. The molecule has 3 atom stereocenters. The highest BCUT2D eigenvalue weighted by molar-refractivity contribution is 6.02. The molecular formula is C27H27NO8. The number of methoxy groups -OCH3 is 3. The number of carbonyl (C=O) groups excluding carboxylic acids is 4. The van der Waals surface area contributed by atoms with Gasteiger partial charge in [0.25, 0.3) is 0 Å². The summed E-state index contributed by atoms with van der Waals surface area (Å²) in [7, 11) is 3.31. The molecule has 9 nitrogen and oxygen atoms in total. The first-order chi connectivity index (χ1) is 17.3. The van der Waals surface area contributed by atoms with Crippen LogP contribution in [0.2, 0.25) is 0 Å². The Kier molecular flexibility index (Phi) is 8.33. The van der Waals surface area contributed by atoms with E-state index in [4.69, 9.17) is 25.4 Å². The number of terminal acetylenes is 1. The van der Waals surface area contributed by atoms with Crippen LogP contribution in [-0.4, -0.2) is 56.3 Å². The third-order valence-electron chi connectivity index (χ3n) is 6.27. The van der Waals surface area contributed by atoms with Gasteiger partial charge in [-0.1, -0.05) is 60.7 Å². The number of hydrogen-bond donors (Lipinski definition) is 0. The summed E-state index contributed by atoms with van der Waals surface area (Å²) >= 11 is 0. The summed E-state index contributed by atoms with van der Waals surface area (Å²) in [5, 5.41) is 0. The summed E-state index contributed by atoms with van der Waals surface area (Å²) in [6.07, 6.45) is 2.86. The second kappa shape index (κ2) is 11.4. The number of rotatable bonds is 9. The van der Waals surface area contributed by atoms with Crippen LogP contribution in [0.25, 0.3) is 0 Å². The van der Waals surface area contributed by atoms with Crippen LogP contribution in [0.3, 0.4) is 0 Å². The maximum Gasteiger partial charge on any atom is 0.411 e. The third-order valence-corrected chi connectivity index (χ3v) is 6.27.